The first kappa shape index (κ1) is 17.6. The highest BCUT2D eigenvalue weighted by atomic mass is 31.2. The number of fused-ring (bicyclic) bond motifs is 1. The fourth-order valence-corrected chi connectivity index (χ4v) is 5.57. The van der Waals surface area contributed by atoms with Crippen LogP contribution in [0.15, 0.2) is 24.3 Å². The predicted octanol–water partition coefficient (Wildman–Crippen LogP) is 2.15. The zero-order valence-corrected chi connectivity index (χ0v) is 15.0. The molecule has 1 saturated heterocycles. The maximum atomic E-state index is 12.3. The van der Waals surface area contributed by atoms with E-state index in [-0.39, 0.29) is 5.91 Å². The number of carbonyl (C=O) groups excluding carboxylic acids is 1. The van der Waals surface area contributed by atoms with Gasteiger partial charge in [-0.3, -0.25) is 9.36 Å². The third-order valence-corrected chi connectivity index (χ3v) is 7.27. The average molecular weight is 352 g/mol. The highest BCUT2D eigenvalue weighted by Gasteiger charge is 2.35. The molecule has 0 saturated carbocycles. The van der Waals surface area contributed by atoms with Gasteiger partial charge in [0.15, 0.2) is 6.23 Å². The van der Waals surface area contributed by atoms with Crippen LogP contribution in [-0.2, 0) is 9.09 Å². The Hall–Kier alpha value is -1.20. The molecule has 6 nitrogen and oxygen atoms in total. The van der Waals surface area contributed by atoms with Crippen molar-refractivity contribution in [2.24, 2.45) is 0 Å². The maximum Gasteiger partial charge on any atom is 0.256 e. The Balaban J connectivity index is 1.47. The number of hydrogen-bond acceptors (Lipinski definition) is 5. The van der Waals surface area contributed by atoms with E-state index in [1.807, 2.05) is 19.1 Å². The first-order chi connectivity index (χ1) is 11.5. The molecule has 0 aliphatic carbocycles. The molecule has 3 rings (SSSR count). The Kier molecular flexibility index (Phi) is 5.40. The van der Waals surface area contributed by atoms with Crippen molar-refractivity contribution in [1.29, 1.82) is 0 Å². The third-order valence-electron chi connectivity index (χ3n) is 4.78. The summed E-state index contributed by atoms with van der Waals surface area (Å²) in [5, 5.41) is 10.3. The summed E-state index contributed by atoms with van der Waals surface area (Å²) < 4.78 is 17.7. The van der Waals surface area contributed by atoms with Crippen LogP contribution < -0.4 is 0 Å². The largest absolute Gasteiger partial charge is 0.369 e. The Morgan fingerprint density at radius 1 is 1.25 bits per heavy atom. The van der Waals surface area contributed by atoms with Gasteiger partial charge in [-0.2, -0.15) is 0 Å². The molecule has 0 bridgehead atoms. The minimum atomic E-state index is -2.41. The smallest absolute Gasteiger partial charge is 0.256 e. The van der Waals surface area contributed by atoms with Gasteiger partial charge in [0.2, 0.25) is 7.37 Å². The number of nitrogens with zero attached hydrogens (tertiary/aromatic N) is 2. The molecule has 0 spiro atoms. The van der Waals surface area contributed by atoms with E-state index in [0.29, 0.717) is 36.6 Å². The van der Waals surface area contributed by atoms with E-state index < -0.39 is 13.6 Å². The van der Waals surface area contributed by atoms with Gasteiger partial charge < -0.3 is 19.4 Å². The zero-order chi connectivity index (χ0) is 17.2. The van der Waals surface area contributed by atoms with E-state index in [1.165, 1.54) is 4.90 Å². The number of rotatable bonds is 6. The van der Waals surface area contributed by atoms with Gasteiger partial charge >= 0.3 is 0 Å². The molecule has 1 fully saturated rings. The van der Waals surface area contributed by atoms with Gasteiger partial charge in [-0.15, -0.1) is 0 Å². The second kappa shape index (κ2) is 7.36. The van der Waals surface area contributed by atoms with Gasteiger partial charge in [0, 0.05) is 43.1 Å². The van der Waals surface area contributed by atoms with Gasteiger partial charge in [-0.25, -0.2) is 0 Å². The van der Waals surface area contributed by atoms with Crippen molar-refractivity contribution >= 4 is 13.3 Å². The quantitative estimate of drug-likeness (QED) is 0.795. The molecule has 132 valence electrons. The maximum absolute atomic E-state index is 12.3. The van der Waals surface area contributed by atoms with E-state index in [9.17, 15) is 14.5 Å². The second-order valence-corrected chi connectivity index (χ2v) is 9.12. The van der Waals surface area contributed by atoms with Crippen molar-refractivity contribution in [3.63, 3.8) is 0 Å². The predicted molar refractivity (Wildman–Crippen MR) is 92.5 cm³/mol. The topological polar surface area (TPSA) is 70.1 Å². The van der Waals surface area contributed by atoms with Gasteiger partial charge in [0.25, 0.3) is 5.91 Å². The lowest BCUT2D eigenvalue weighted by atomic mass is 10.1. The minimum absolute atomic E-state index is 0.0995. The van der Waals surface area contributed by atoms with Gasteiger partial charge in [0.05, 0.1) is 6.61 Å². The molecule has 2 aliphatic heterocycles. The summed E-state index contributed by atoms with van der Waals surface area (Å²) >= 11 is 0. The monoisotopic (exact) mass is 352 g/mol. The van der Waals surface area contributed by atoms with E-state index in [1.54, 1.807) is 12.1 Å². The molecule has 0 aromatic heterocycles. The second-order valence-electron chi connectivity index (χ2n) is 6.33. The van der Waals surface area contributed by atoms with Crippen LogP contribution in [0.1, 0.15) is 35.5 Å². The van der Waals surface area contributed by atoms with Crippen LogP contribution in [0.5, 0.6) is 0 Å². The molecule has 1 aromatic rings. The molecular weight excluding hydrogens is 327 g/mol. The Labute approximate surface area is 142 Å². The molecule has 24 heavy (non-hydrogen) atoms. The zero-order valence-electron chi connectivity index (χ0n) is 14.1. The molecule has 1 atom stereocenters. The Morgan fingerprint density at radius 2 is 1.96 bits per heavy atom. The molecule has 1 N–H and O–H groups in total. The van der Waals surface area contributed by atoms with Crippen LogP contribution in [0, 0.1) is 0 Å². The Bertz CT molecular complexity index is 639. The van der Waals surface area contributed by atoms with Crippen molar-refractivity contribution in [3.05, 3.63) is 35.4 Å². The summed E-state index contributed by atoms with van der Waals surface area (Å²) in [7, 11) is -2.41. The number of aliphatic hydroxyl groups excluding tert-OH is 1. The van der Waals surface area contributed by atoms with Crippen LogP contribution in [0.4, 0.5) is 0 Å². The summed E-state index contributed by atoms with van der Waals surface area (Å²) in [6.07, 6.45) is 1.17. The fraction of sp³-hybridized carbons (Fsp3) is 0.588. The van der Waals surface area contributed by atoms with Crippen LogP contribution in [-0.4, -0.2) is 65.9 Å². The lowest BCUT2D eigenvalue weighted by Gasteiger charge is -2.32. The normalized spacial score (nSPS) is 23.5. The third kappa shape index (κ3) is 3.57. The van der Waals surface area contributed by atoms with Gasteiger partial charge in [0.1, 0.15) is 0 Å². The minimum Gasteiger partial charge on any atom is -0.369 e. The van der Waals surface area contributed by atoms with E-state index in [0.717, 1.165) is 26.1 Å². The molecule has 1 aromatic carbocycles. The number of carbonyl (C=O) groups is 1. The van der Waals surface area contributed by atoms with E-state index >= 15 is 0 Å². The van der Waals surface area contributed by atoms with E-state index in [2.05, 4.69) is 4.90 Å². The molecule has 2 aliphatic rings. The number of benzene rings is 1. The number of hydrogen-bond donors (Lipinski definition) is 1. The molecule has 1 amide bonds. The lowest BCUT2D eigenvalue weighted by molar-refractivity contribution is 0.0162. The van der Waals surface area contributed by atoms with Crippen molar-refractivity contribution in [2.45, 2.75) is 19.6 Å². The van der Waals surface area contributed by atoms with Crippen molar-refractivity contribution < 1.29 is 19.0 Å². The SMILES string of the molecule is CCOP1(=O)CCN(CCCN2C(=O)c3ccccc3C2O)CC1. The van der Waals surface area contributed by atoms with Crippen LogP contribution >= 0.6 is 7.37 Å². The first-order valence-electron chi connectivity index (χ1n) is 8.57. The van der Waals surface area contributed by atoms with Gasteiger partial charge in [-0.05, 0) is 26.0 Å². The summed E-state index contributed by atoms with van der Waals surface area (Å²) in [4.78, 5) is 16.1. The average Bonchev–Trinajstić information content (AvgIpc) is 2.82. The van der Waals surface area contributed by atoms with Crippen molar-refractivity contribution in [1.82, 2.24) is 9.80 Å². The molecule has 0 radical (unpaired) electrons. The summed E-state index contributed by atoms with van der Waals surface area (Å²) in [5.74, 6) is -0.0995. The number of amides is 1. The van der Waals surface area contributed by atoms with Crippen LogP contribution in [0.2, 0.25) is 0 Å². The Morgan fingerprint density at radius 3 is 2.62 bits per heavy atom. The highest BCUT2D eigenvalue weighted by molar-refractivity contribution is 7.59. The van der Waals surface area contributed by atoms with Crippen molar-refractivity contribution in [2.75, 3.05) is 45.1 Å². The van der Waals surface area contributed by atoms with Gasteiger partial charge in [-0.1, -0.05) is 18.2 Å². The number of aliphatic hydroxyl groups is 1. The summed E-state index contributed by atoms with van der Waals surface area (Å²) in [6, 6.07) is 7.21. The first-order valence-corrected chi connectivity index (χ1v) is 10.6. The van der Waals surface area contributed by atoms with Crippen LogP contribution in [0.25, 0.3) is 0 Å². The van der Waals surface area contributed by atoms with Crippen molar-refractivity contribution in [3.8, 4) is 0 Å². The highest BCUT2D eigenvalue weighted by Crippen LogP contribution is 2.48. The molecule has 2 heterocycles. The lowest BCUT2D eigenvalue weighted by Crippen LogP contribution is -2.38. The standard InChI is InChI=1S/C17H25N2O4P/c1-2-23-24(22)12-10-18(11-13-24)8-5-9-19-16(20)14-6-3-4-7-15(14)17(19)21/h3-4,6-7,16,20H,2,5,8-13H2,1H3. The molecular formula is C17H25N2O4P. The fourth-order valence-electron chi connectivity index (χ4n) is 3.44. The summed E-state index contributed by atoms with van der Waals surface area (Å²) in [6.45, 7) is 5.28. The van der Waals surface area contributed by atoms with Crippen LogP contribution in [0.3, 0.4) is 0 Å². The summed E-state index contributed by atoms with van der Waals surface area (Å²) in [5.41, 5.74) is 1.29. The molecule has 7 heteroatoms. The van der Waals surface area contributed by atoms with E-state index in [4.69, 9.17) is 4.52 Å². The molecule has 1 unspecified atom stereocenters.